The van der Waals surface area contributed by atoms with Gasteiger partial charge in [0.25, 0.3) is 11.8 Å². The van der Waals surface area contributed by atoms with Crippen LogP contribution in [0.15, 0.2) is 71.6 Å². The predicted molar refractivity (Wildman–Crippen MR) is 107 cm³/mol. The first kappa shape index (κ1) is 18.9. The van der Waals surface area contributed by atoms with Crippen LogP contribution in [0.4, 0.5) is 4.39 Å². The van der Waals surface area contributed by atoms with E-state index in [0.717, 1.165) is 0 Å². The summed E-state index contributed by atoms with van der Waals surface area (Å²) in [4.78, 5) is 26.7. The molecule has 31 heavy (non-hydrogen) atoms. The normalized spacial score (nSPS) is 13.6. The molecule has 8 nitrogen and oxygen atoms in total. The van der Waals surface area contributed by atoms with Crippen LogP contribution in [-0.4, -0.2) is 50.1 Å². The van der Waals surface area contributed by atoms with Gasteiger partial charge in [-0.15, -0.1) is 0 Å². The Kier molecular flexibility index (Phi) is 4.83. The molecule has 1 aliphatic rings. The number of likely N-dealkylation sites (tertiary alicyclic amines) is 1. The molecule has 1 amide bonds. The third-order valence-corrected chi connectivity index (χ3v) is 4.86. The molecule has 0 bridgehead atoms. The molecule has 1 fully saturated rings. The number of nitrogens with zero attached hydrogens (tertiary/aromatic N) is 5. The maximum absolute atomic E-state index is 13.1. The number of aromatic nitrogens is 4. The summed E-state index contributed by atoms with van der Waals surface area (Å²) in [5.41, 5.74) is 1.60. The van der Waals surface area contributed by atoms with E-state index in [2.05, 4.69) is 20.1 Å². The molecule has 2 aromatic carbocycles. The van der Waals surface area contributed by atoms with E-state index in [0.29, 0.717) is 47.4 Å². The smallest absolute Gasteiger partial charge is 0.262 e. The number of carbonyl (C=O) groups excluding carboxylic acids is 1. The Morgan fingerprint density at radius 1 is 1.10 bits per heavy atom. The summed E-state index contributed by atoms with van der Waals surface area (Å²) in [5, 5.41) is 3.97. The fraction of sp³-hybridized carbons (Fsp3) is 0.136. The van der Waals surface area contributed by atoms with Crippen molar-refractivity contribution in [2.24, 2.45) is 0 Å². The summed E-state index contributed by atoms with van der Waals surface area (Å²) < 4.78 is 24.5. The van der Waals surface area contributed by atoms with Crippen molar-refractivity contribution in [1.29, 1.82) is 0 Å². The lowest BCUT2D eigenvalue weighted by molar-refractivity contribution is 0.0179. The first-order chi connectivity index (χ1) is 15.2. The topological polar surface area (TPSA) is 94.2 Å². The maximum Gasteiger partial charge on any atom is 0.262 e. The standard InChI is InChI=1S/C22H16FN5O3/c23-15-7-5-14(6-8-15)22(29)28-12-16(13-28)30-19-4-2-1-3-17(19)21-26-20(27-31-21)18-11-24-9-10-25-18/h1-11,16H,12-13H2. The number of hydrogen-bond donors (Lipinski definition) is 0. The molecule has 0 aliphatic carbocycles. The molecule has 3 heterocycles. The second-order valence-electron chi connectivity index (χ2n) is 6.97. The van der Waals surface area contributed by atoms with Crippen molar-refractivity contribution in [1.82, 2.24) is 25.0 Å². The van der Waals surface area contributed by atoms with Gasteiger partial charge in [0.1, 0.15) is 23.4 Å². The molecule has 0 spiro atoms. The van der Waals surface area contributed by atoms with E-state index >= 15 is 0 Å². The van der Waals surface area contributed by atoms with Crippen molar-refractivity contribution in [2.75, 3.05) is 13.1 Å². The number of carbonyl (C=O) groups is 1. The lowest BCUT2D eigenvalue weighted by Gasteiger charge is -2.39. The summed E-state index contributed by atoms with van der Waals surface area (Å²) in [5.74, 6) is 0.684. The molecule has 154 valence electrons. The zero-order chi connectivity index (χ0) is 21.2. The summed E-state index contributed by atoms with van der Waals surface area (Å²) in [6.07, 6.45) is 4.50. The highest BCUT2D eigenvalue weighted by molar-refractivity contribution is 5.94. The largest absolute Gasteiger partial charge is 0.486 e. The number of halogens is 1. The quantitative estimate of drug-likeness (QED) is 0.492. The monoisotopic (exact) mass is 417 g/mol. The average molecular weight is 417 g/mol. The Balaban J connectivity index is 1.28. The number of ether oxygens (including phenoxy) is 1. The second kappa shape index (κ2) is 7.94. The molecule has 4 aromatic rings. The van der Waals surface area contributed by atoms with E-state index in [1.54, 1.807) is 23.5 Å². The number of amides is 1. The fourth-order valence-corrected chi connectivity index (χ4v) is 3.23. The molecule has 1 aliphatic heterocycles. The van der Waals surface area contributed by atoms with E-state index in [9.17, 15) is 9.18 Å². The molecule has 5 rings (SSSR count). The van der Waals surface area contributed by atoms with Gasteiger partial charge in [0.15, 0.2) is 0 Å². The van der Waals surface area contributed by atoms with Gasteiger partial charge in [-0.25, -0.2) is 9.37 Å². The van der Waals surface area contributed by atoms with E-state index in [1.165, 1.54) is 24.3 Å². The zero-order valence-electron chi connectivity index (χ0n) is 16.2. The Morgan fingerprint density at radius 3 is 2.68 bits per heavy atom. The van der Waals surface area contributed by atoms with E-state index in [4.69, 9.17) is 9.26 Å². The van der Waals surface area contributed by atoms with Crippen LogP contribution in [0.25, 0.3) is 23.0 Å². The van der Waals surface area contributed by atoms with Gasteiger partial charge in [-0.2, -0.15) is 4.98 Å². The SMILES string of the molecule is O=C(c1ccc(F)cc1)N1CC(Oc2ccccc2-c2nc(-c3cnccn3)no2)C1. The maximum atomic E-state index is 13.1. The molecule has 0 atom stereocenters. The Bertz CT molecular complexity index is 1210. The molecule has 0 saturated carbocycles. The average Bonchev–Trinajstić information content (AvgIpc) is 3.27. The molecular formula is C22H16FN5O3. The molecule has 0 unspecified atom stereocenters. The van der Waals surface area contributed by atoms with Crippen molar-refractivity contribution in [3.63, 3.8) is 0 Å². The Hall–Kier alpha value is -4.14. The Morgan fingerprint density at radius 2 is 1.90 bits per heavy atom. The minimum absolute atomic E-state index is 0.154. The van der Waals surface area contributed by atoms with Crippen molar-refractivity contribution in [2.45, 2.75) is 6.10 Å². The van der Waals surface area contributed by atoms with E-state index in [-0.39, 0.29) is 17.8 Å². The van der Waals surface area contributed by atoms with Gasteiger partial charge in [-0.1, -0.05) is 17.3 Å². The van der Waals surface area contributed by atoms with Crippen molar-refractivity contribution in [3.05, 3.63) is 78.5 Å². The lowest BCUT2D eigenvalue weighted by Crippen LogP contribution is -2.56. The predicted octanol–water partition coefficient (Wildman–Crippen LogP) is 3.24. The summed E-state index contributed by atoms with van der Waals surface area (Å²) in [6.45, 7) is 0.860. The van der Waals surface area contributed by atoms with Crippen LogP contribution in [-0.2, 0) is 0 Å². The van der Waals surface area contributed by atoms with Crippen molar-refractivity contribution in [3.8, 4) is 28.7 Å². The van der Waals surface area contributed by atoms with Gasteiger partial charge in [0, 0.05) is 18.0 Å². The lowest BCUT2D eigenvalue weighted by atomic mass is 10.1. The van der Waals surface area contributed by atoms with Crippen molar-refractivity contribution >= 4 is 5.91 Å². The number of rotatable bonds is 5. The van der Waals surface area contributed by atoms with Crippen LogP contribution in [0.3, 0.4) is 0 Å². The minimum atomic E-state index is -0.374. The summed E-state index contributed by atoms with van der Waals surface area (Å²) >= 11 is 0. The molecular weight excluding hydrogens is 401 g/mol. The zero-order valence-corrected chi connectivity index (χ0v) is 16.2. The molecule has 1 saturated heterocycles. The first-order valence-electron chi connectivity index (χ1n) is 9.58. The highest BCUT2D eigenvalue weighted by Crippen LogP contribution is 2.31. The third-order valence-electron chi connectivity index (χ3n) is 4.86. The minimum Gasteiger partial charge on any atom is -0.486 e. The van der Waals surface area contributed by atoms with Gasteiger partial charge in [0.05, 0.1) is 24.8 Å². The van der Waals surface area contributed by atoms with Gasteiger partial charge in [-0.3, -0.25) is 9.78 Å². The van der Waals surface area contributed by atoms with E-state index < -0.39 is 0 Å². The van der Waals surface area contributed by atoms with Crippen molar-refractivity contribution < 1.29 is 18.4 Å². The second-order valence-corrected chi connectivity index (χ2v) is 6.97. The first-order valence-corrected chi connectivity index (χ1v) is 9.58. The van der Waals surface area contributed by atoms with Crippen LogP contribution < -0.4 is 4.74 Å². The van der Waals surface area contributed by atoms with Crippen LogP contribution in [0.5, 0.6) is 5.75 Å². The highest BCUT2D eigenvalue weighted by atomic mass is 19.1. The van der Waals surface area contributed by atoms with Crippen LogP contribution in [0.1, 0.15) is 10.4 Å². The van der Waals surface area contributed by atoms with Gasteiger partial charge < -0.3 is 14.2 Å². The third kappa shape index (κ3) is 3.85. The summed E-state index contributed by atoms with van der Waals surface area (Å²) in [6, 6.07) is 12.8. The Labute approximate surface area is 176 Å². The van der Waals surface area contributed by atoms with Gasteiger partial charge >= 0.3 is 0 Å². The van der Waals surface area contributed by atoms with Crippen LogP contribution in [0.2, 0.25) is 0 Å². The van der Waals surface area contributed by atoms with Gasteiger partial charge in [0.2, 0.25) is 5.82 Å². The molecule has 2 aromatic heterocycles. The van der Waals surface area contributed by atoms with Crippen LogP contribution in [0, 0.1) is 5.82 Å². The molecule has 0 radical (unpaired) electrons. The molecule has 0 N–H and O–H groups in total. The molecule has 9 heteroatoms. The number of hydrogen-bond acceptors (Lipinski definition) is 7. The van der Waals surface area contributed by atoms with E-state index in [1.807, 2.05) is 24.3 Å². The number of benzene rings is 2. The number of para-hydroxylation sites is 1. The van der Waals surface area contributed by atoms with Crippen LogP contribution >= 0.6 is 0 Å². The van der Waals surface area contributed by atoms with Gasteiger partial charge in [-0.05, 0) is 36.4 Å². The summed E-state index contributed by atoms with van der Waals surface area (Å²) in [7, 11) is 0. The highest BCUT2D eigenvalue weighted by Gasteiger charge is 2.33. The fourth-order valence-electron chi connectivity index (χ4n) is 3.23.